The average Bonchev–Trinajstić information content (AvgIpc) is 3.23. The Balaban J connectivity index is 1.41. The molecule has 1 amide bonds. The molecule has 0 bridgehead atoms. The van der Waals surface area contributed by atoms with Crippen LogP contribution in [0.4, 0.5) is 4.39 Å². The number of ether oxygens (including phenoxy) is 2. The minimum absolute atomic E-state index is 0.0242. The molecule has 1 aromatic carbocycles. The molecule has 2 aliphatic rings. The minimum Gasteiger partial charge on any atom is -0.389 e. The Hall–Kier alpha value is -2.38. The zero-order valence-corrected chi connectivity index (χ0v) is 19.7. The van der Waals surface area contributed by atoms with Crippen LogP contribution in [0.25, 0.3) is 0 Å². The summed E-state index contributed by atoms with van der Waals surface area (Å²) < 4.78 is 54.1. The van der Waals surface area contributed by atoms with Crippen molar-refractivity contribution in [3.8, 4) is 0 Å². The van der Waals surface area contributed by atoms with E-state index in [4.69, 9.17) is 9.47 Å². The number of halogens is 1. The molecule has 0 radical (unpaired) electrons. The second-order valence-electron chi connectivity index (χ2n) is 8.69. The molecule has 186 valence electrons. The van der Waals surface area contributed by atoms with Crippen LogP contribution in [0.5, 0.6) is 0 Å². The van der Waals surface area contributed by atoms with Gasteiger partial charge in [0.15, 0.2) is 5.03 Å². The summed E-state index contributed by atoms with van der Waals surface area (Å²) in [4.78, 5) is 16.4. The van der Waals surface area contributed by atoms with Crippen LogP contribution < -0.4 is 5.32 Å². The first kappa shape index (κ1) is 24.7. The van der Waals surface area contributed by atoms with E-state index < -0.39 is 34.4 Å². The van der Waals surface area contributed by atoms with E-state index in [1.165, 1.54) is 29.0 Å². The first-order valence-electron chi connectivity index (χ1n) is 11.1. The number of imidazole rings is 1. The molecule has 0 spiro atoms. The number of nitrogens with one attached hydrogen (secondary N) is 1. The van der Waals surface area contributed by atoms with E-state index in [0.29, 0.717) is 12.8 Å². The molecule has 1 aromatic heterocycles. The molecule has 2 fully saturated rings. The van der Waals surface area contributed by atoms with Crippen molar-refractivity contribution in [2.75, 3.05) is 19.8 Å². The van der Waals surface area contributed by atoms with E-state index in [1.807, 2.05) is 0 Å². The third kappa shape index (κ3) is 5.81. The van der Waals surface area contributed by atoms with Crippen molar-refractivity contribution in [1.82, 2.24) is 19.2 Å². The standard InChI is InChI=1S/C22H29FN4O6S/c1-26-11-22(25-14-26)34(30,31)27-10-17(28)12-32-13-20-19(27)7-6-18(33-20)8-21(29)24-9-15-2-4-16(23)5-3-15/h2-5,11,14,17-20,28H,6-10,12-13H2,1H3,(H,24,29)/t17-,18+,19-,20+/m0/s1. The summed E-state index contributed by atoms with van der Waals surface area (Å²) in [5.74, 6) is -0.554. The number of β-amino-alcohol motifs (C(OH)–C–C–N with tert-alkyl or cyclic N) is 1. The molecular weight excluding hydrogens is 467 g/mol. The van der Waals surface area contributed by atoms with Gasteiger partial charge in [0.1, 0.15) is 5.82 Å². The monoisotopic (exact) mass is 496 g/mol. The SMILES string of the molecule is Cn1cnc(S(=O)(=O)N2C[C@H](O)COC[C@H]3O[C@@H](CC(=O)NCc4ccc(F)cc4)CC[C@@H]32)c1. The number of rotatable bonds is 6. The molecule has 2 aliphatic heterocycles. The number of carbonyl (C=O) groups excluding carboxylic acids is 1. The lowest BCUT2D eigenvalue weighted by molar-refractivity contribution is -0.146. The number of nitrogens with zero attached hydrogens (tertiary/aromatic N) is 3. The minimum atomic E-state index is -3.97. The molecule has 0 unspecified atom stereocenters. The summed E-state index contributed by atoms with van der Waals surface area (Å²) in [5, 5.41) is 13.0. The van der Waals surface area contributed by atoms with Crippen molar-refractivity contribution in [2.45, 2.75) is 55.2 Å². The maximum absolute atomic E-state index is 13.3. The predicted molar refractivity (Wildman–Crippen MR) is 118 cm³/mol. The Morgan fingerprint density at radius 1 is 1.26 bits per heavy atom. The van der Waals surface area contributed by atoms with Gasteiger partial charge in [-0.25, -0.2) is 17.8 Å². The van der Waals surface area contributed by atoms with E-state index in [1.54, 1.807) is 23.7 Å². The number of aliphatic hydroxyl groups is 1. The van der Waals surface area contributed by atoms with Crippen molar-refractivity contribution in [1.29, 1.82) is 0 Å². The van der Waals surface area contributed by atoms with Crippen LogP contribution in [-0.4, -0.2) is 77.4 Å². The topological polar surface area (TPSA) is 123 Å². The molecular formula is C22H29FN4O6S. The number of aryl methyl sites for hydroxylation is 1. The number of hydrogen-bond acceptors (Lipinski definition) is 7. The summed E-state index contributed by atoms with van der Waals surface area (Å²) in [7, 11) is -2.29. The molecule has 2 aromatic rings. The van der Waals surface area contributed by atoms with Crippen molar-refractivity contribution >= 4 is 15.9 Å². The highest BCUT2D eigenvalue weighted by molar-refractivity contribution is 7.89. The third-order valence-corrected chi connectivity index (χ3v) is 7.78. The fourth-order valence-electron chi connectivity index (χ4n) is 4.29. The zero-order valence-electron chi connectivity index (χ0n) is 18.8. The van der Waals surface area contributed by atoms with E-state index in [2.05, 4.69) is 10.3 Å². The van der Waals surface area contributed by atoms with E-state index in [-0.39, 0.29) is 49.5 Å². The van der Waals surface area contributed by atoms with Crippen LogP contribution in [0.2, 0.25) is 0 Å². The number of fused-ring (bicyclic) bond motifs is 1. The number of aliphatic hydroxyl groups excluding tert-OH is 1. The van der Waals surface area contributed by atoms with E-state index in [0.717, 1.165) is 5.56 Å². The van der Waals surface area contributed by atoms with Crippen molar-refractivity contribution in [2.24, 2.45) is 7.05 Å². The lowest BCUT2D eigenvalue weighted by Gasteiger charge is -2.43. The quantitative estimate of drug-likeness (QED) is 0.599. The number of amides is 1. The van der Waals surface area contributed by atoms with Gasteiger partial charge in [0, 0.05) is 26.3 Å². The highest BCUT2D eigenvalue weighted by Gasteiger charge is 2.43. The van der Waals surface area contributed by atoms with Gasteiger partial charge in [0.25, 0.3) is 10.0 Å². The summed E-state index contributed by atoms with van der Waals surface area (Å²) >= 11 is 0. The number of hydrogen-bond donors (Lipinski definition) is 2. The Kier molecular flexibility index (Phi) is 7.63. The molecule has 4 rings (SSSR count). The van der Waals surface area contributed by atoms with Gasteiger partial charge in [-0.2, -0.15) is 4.31 Å². The maximum atomic E-state index is 13.3. The van der Waals surface area contributed by atoms with Gasteiger partial charge in [-0.1, -0.05) is 12.1 Å². The predicted octanol–water partition coefficient (Wildman–Crippen LogP) is 0.564. The fraction of sp³-hybridized carbons (Fsp3) is 0.545. The Morgan fingerprint density at radius 3 is 2.74 bits per heavy atom. The molecule has 12 heteroatoms. The number of aromatic nitrogens is 2. The van der Waals surface area contributed by atoms with E-state index >= 15 is 0 Å². The summed E-state index contributed by atoms with van der Waals surface area (Å²) in [6, 6.07) is 5.33. The Bertz CT molecular complexity index is 1090. The summed E-state index contributed by atoms with van der Waals surface area (Å²) in [5.41, 5.74) is 0.779. The zero-order chi connectivity index (χ0) is 24.3. The second-order valence-corrected chi connectivity index (χ2v) is 10.5. The van der Waals surface area contributed by atoms with Gasteiger partial charge in [0.05, 0.1) is 50.3 Å². The maximum Gasteiger partial charge on any atom is 0.262 e. The average molecular weight is 497 g/mol. The van der Waals surface area contributed by atoms with E-state index in [9.17, 15) is 22.7 Å². The first-order chi connectivity index (χ1) is 16.2. The van der Waals surface area contributed by atoms with Gasteiger partial charge in [-0.3, -0.25) is 4.79 Å². The van der Waals surface area contributed by atoms with Crippen LogP contribution in [0.3, 0.4) is 0 Å². The fourth-order valence-corrected chi connectivity index (χ4v) is 5.98. The van der Waals surface area contributed by atoms with Crippen molar-refractivity contribution in [3.05, 3.63) is 48.2 Å². The summed E-state index contributed by atoms with van der Waals surface area (Å²) in [6.07, 6.45) is 1.89. The van der Waals surface area contributed by atoms with Gasteiger partial charge in [-0.05, 0) is 30.5 Å². The highest BCUT2D eigenvalue weighted by atomic mass is 32.2. The third-order valence-electron chi connectivity index (χ3n) is 6.00. The van der Waals surface area contributed by atoms with Crippen LogP contribution in [0, 0.1) is 5.82 Å². The molecule has 0 saturated carbocycles. The molecule has 2 N–H and O–H groups in total. The smallest absolute Gasteiger partial charge is 0.262 e. The van der Waals surface area contributed by atoms with Gasteiger partial charge in [-0.15, -0.1) is 0 Å². The van der Waals surface area contributed by atoms with Gasteiger partial charge >= 0.3 is 0 Å². The lowest BCUT2D eigenvalue weighted by atomic mass is 9.96. The second kappa shape index (κ2) is 10.5. The van der Waals surface area contributed by atoms with Crippen LogP contribution in [0.1, 0.15) is 24.8 Å². The molecule has 10 nitrogen and oxygen atoms in total. The lowest BCUT2D eigenvalue weighted by Crippen LogP contribution is -2.57. The highest BCUT2D eigenvalue weighted by Crippen LogP contribution is 2.31. The number of benzene rings is 1. The van der Waals surface area contributed by atoms with Crippen molar-refractivity contribution < 1.29 is 32.2 Å². The molecule has 34 heavy (non-hydrogen) atoms. The molecule has 3 heterocycles. The summed E-state index contributed by atoms with van der Waals surface area (Å²) in [6.45, 7) is 0.217. The van der Waals surface area contributed by atoms with Gasteiger partial charge < -0.3 is 24.5 Å². The molecule has 0 aliphatic carbocycles. The number of carbonyl (C=O) groups is 1. The first-order valence-corrected chi connectivity index (χ1v) is 12.6. The Morgan fingerprint density at radius 2 is 2.03 bits per heavy atom. The van der Waals surface area contributed by atoms with Crippen LogP contribution in [-0.2, 0) is 37.9 Å². The number of sulfonamides is 1. The largest absolute Gasteiger partial charge is 0.389 e. The van der Waals surface area contributed by atoms with Crippen molar-refractivity contribution in [3.63, 3.8) is 0 Å². The van der Waals surface area contributed by atoms with Crippen LogP contribution >= 0.6 is 0 Å². The molecule has 4 atom stereocenters. The Labute approximate surface area is 197 Å². The molecule has 2 saturated heterocycles. The van der Waals surface area contributed by atoms with Crippen LogP contribution in [0.15, 0.2) is 41.8 Å². The normalized spacial score (nSPS) is 26.3. The van der Waals surface area contributed by atoms with Gasteiger partial charge in [0.2, 0.25) is 5.91 Å².